The molecule has 1 aromatic rings. The van der Waals surface area contributed by atoms with Gasteiger partial charge in [-0.25, -0.2) is 0 Å². The van der Waals surface area contributed by atoms with E-state index in [1.54, 1.807) is 0 Å². The minimum atomic E-state index is -0.269. The van der Waals surface area contributed by atoms with Gasteiger partial charge in [0.15, 0.2) is 0 Å². The van der Waals surface area contributed by atoms with Crippen molar-refractivity contribution in [1.29, 1.82) is 0 Å². The third kappa shape index (κ3) is 2.72. The van der Waals surface area contributed by atoms with Crippen molar-refractivity contribution in [2.45, 2.75) is 19.3 Å². The van der Waals surface area contributed by atoms with Gasteiger partial charge in [0.1, 0.15) is 0 Å². The molecule has 86 valence electrons. The Hall–Kier alpha value is -1.58. The van der Waals surface area contributed by atoms with Crippen molar-refractivity contribution in [2.24, 2.45) is 0 Å². The van der Waals surface area contributed by atoms with E-state index in [1.165, 1.54) is 18.5 Å². The predicted molar refractivity (Wildman–Crippen MR) is 63.5 cm³/mol. The summed E-state index contributed by atoms with van der Waals surface area (Å²) < 4.78 is 0. The molecule has 1 heterocycles. The Morgan fingerprint density at radius 1 is 1.19 bits per heavy atom. The molecular weight excluding hydrogens is 204 g/mol. The quantitative estimate of drug-likeness (QED) is 0.576. The Morgan fingerprint density at radius 2 is 1.81 bits per heavy atom. The Kier molecular flexibility index (Phi) is 3.39. The topological polar surface area (TPSA) is 46.4 Å². The van der Waals surface area contributed by atoms with E-state index < -0.39 is 0 Å². The van der Waals surface area contributed by atoms with Crippen LogP contribution >= 0.6 is 0 Å². The predicted octanol–water partition coefficient (Wildman–Crippen LogP) is 2.11. The van der Waals surface area contributed by atoms with Gasteiger partial charge in [-0.15, -0.1) is 0 Å². The van der Waals surface area contributed by atoms with Gasteiger partial charge in [0.05, 0.1) is 0 Å². The zero-order valence-electron chi connectivity index (χ0n) is 9.26. The number of hydrogen-bond acceptors (Lipinski definition) is 3. The van der Waals surface area contributed by atoms with Crippen LogP contribution in [0.3, 0.4) is 0 Å². The number of nitro groups is 1. The minimum absolute atomic E-state index is 0.0169. The molecule has 0 bridgehead atoms. The molecule has 16 heavy (non-hydrogen) atoms. The number of benzene rings is 1. The Bertz CT molecular complexity index is 356. The smallest absolute Gasteiger partial charge is 0.207 e. The molecule has 0 spiro atoms. The summed E-state index contributed by atoms with van der Waals surface area (Å²) in [6.07, 6.45) is 3.05. The molecule has 0 atom stereocenters. The fourth-order valence-electron chi connectivity index (χ4n) is 2.07. The van der Waals surface area contributed by atoms with Gasteiger partial charge in [-0.1, -0.05) is 12.1 Å². The van der Waals surface area contributed by atoms with Gasteiger partial charge in [0.2, 0.25) is 6.54 Å². The fourth-order valence-corrected chi connectivity index (χ4v) is 2.07. The molecule has 0 saturated carbocycles. The lowest BCUT2D eigenvalue weighted by Gasteiger charge is -2.17. The van der Waals surface area contributed by atoms with E-state index >= 15 is 0 Å². The maximum absolute atomic E-state index is 10.2. The van der Waals surface area contributed by atoms with Gasteiger partial charge in [-0.3, -0.25) is 10.1 Å². The lowest BCUT2D eigenvalue weighted by atomic mass is 10.1. The molecule has 0 radical (unpaired) electrons. The van der Waals surface area contributed by atoms with Gasteiger partial charge in [0, 0.05) is 30.1 Å². The average Bonchev–Trinajstić information content (AvgIpc) is 2.80. The second-order valence-corrected chi connectivity index (χ2v) is 4.17. The summed E-state index contributed by atoms with van der Waals surface area (Å²) >= 11 is 0. The number of nitrogens with zero attached hydrogens (tertiary/aromatic N) is 2. The first-order valence-corrected chi connectivity index (χ1v) is 5.71. The summed E-state index contributed by atoms with van der Waals surface area (Å²) in [6.45, 7) is 2.28. The number of anilines is 1. The Balaban J connectivity index is 1.95. The first-order chi connectivity index (χ1) is 7.75. The highest BCUT2D eigenvalue weighted by Gasteiger charge is 2.11. The molecule has 4 heteroatoms. The summed E-state index contributed by atoms with van der Waals surface area (Å²) in [5.41, 5.74) is 2.28. The first kappa shape index (κ1) is 10.9. The zero-order chi connectivity index (χ0) is 11.4. The van der Waals surface area contributed by atoms with Gasteiger partial charge in [-0.2, -0.15) is 0 Å². The highest BCUT2D eigenvalue weighted by atomic mass is 16.6. The van der Waals surface area contributed by atoms with Crippen molar-refractivity contribution in [2.75, 3.05) is 24.5 Å². The summed E-state index contributed by atoms with van der Waals surface area (Å²) in [7, 11) is 0. The molecular formula is C12H16N2O2. The number of hydrogen-bond donors (Lipinski definition) is 0. The van der Waals surface area contributed by atoms with Crippen molar-refractivity contribution >= 4 is 5.69 Å². The normalized spacial score (nSPS) is 15.4. The van der Waals surface area contributed by atoms with E-state index in [4.69, 9.17) is 0 Å². The third-order valence-electron chi connectivity index (χ3n) is 2.99. The molecule has 0 amide bonds. The molecule has 0 aromatic heterocycles. The maximum atomic E-state index is 10.2. The van der Waals surface area contributed by atoms with Crippen LogP contribution in [0.15, 0.2) is 24.3 Å². The molecule has 0 unspecified atom stereocenters. The van der Waals surface area contributed by atoms with Crippen LogP contribution in [0.2, 0.25) is 0 Å². The van der Waals surface area contributed by atoms with Crippen molar-refractivity contribution in [3.8, 4) is 0 Å². The largest absolute Gasteiger partial charge is 0.372 e. The minimum Gasteiger partial charge on any atom is -0.372 e. The van der Waals surface area contributed by atoms with E-state index in [0.717, 1.165) is 18.7 Å². The van der Waals surface area contributed by atoms with Gasteiger partial charge >= 0.3 is 0 Å². The molecule has 4 nitrogen and oxygen atoms in total. The summed E-state index contributed by atoms with van der Waals surface area (Å²) in [5, 5.41) is 10.2. The van der Waals surface area contributed by atoms with Crippen LogP contribution in [0.1, 0.15) is 18.4 Å². The fraction of sp³-hybridized carbons (Fsp3) is 0.500. The molecule has 1 aliphatic heterocycles. The monoisotopic (exact) mass is 220 g/mol. The summed E-state index contributed by atoms with van der Waals surface area (Å²) in [4.78, 5) is 12.3. The van der Waals surface area contributed by atoms with E-state index in [0.29, 0.717) is 6.42 Å². The second kappa shape index (κ2) is 4.96. The molecule has 2 rings (SSSR count). The van der Waals surface area contributed by atoms with Crippen molar-refractivity contribution in [3.05, 3.63) is 39.9 Å². The lowest BCUT2D eigenvalue weighted by molar-refractivity contribution is -0.479. The maximum Gasteiger partial charge on any atom is 0.207 e. The second-order valence-electron chi connectivity index (χ2n) is 4.17. The van der Waals surface area contributed by atoms with Crippen LogP contribution in [0.5, 0.6) is 0 Å². The molecule has 1 fully saturated rings. The van der Waals surface area contributed by atoms with Crippen LogP contribution in [0, 0.1) is 10.1 Å². The zero-order valence-corrected chi connectivity index (χ0v) is 9.26. The van der Waals surface area contributed by atoms with Gasteiger partial charge in [0.25, 0.3) is 0 Å². The molecule has 1 aromatic carbocycles. The molecule has 1 aliphatic rings. The third-order valence-corrected chi connectivity index (χ3v) is 2.99. The lowest BCUT2D eigenvalue weighted by Crippen LogP contribution is -2.17. The summed E-state index contributed by atoms with van der Waals surface area (Å²) in [6, 6.07) is 8.13. The van der Waals surface area contributed by atoms with Crippen LogP contribution in [-0.2, 0) is 6.42 Å². The Labute approximate surface area is 95.0 Å². The standard InChI is InChI=1S/C12H16N2O2/c15-14(16)10-7-11-3-5-12(6-4-11)13-8-1-2-9-13/h3-6H,1-2,7-10H2. The van der Waals surface area contributed by atoms with Crippen molar-refractivity contribution in [3.63, 3.8) is 0 Å². The van der Waals surface area contributed by atoms with Crippen LogP contribution in [-0.4, -0.2) is 24.6 Å². The summed E-state index contributed by atoms with van der Waals surface area (Å²) in [5.74, 6) is 0. The van der Waals surface area contributed by atoms with E-state index in [-0.39, 0.29) is 11.5 Å². The van der Waals surface area contributed by atoms with Crippen LogP contribution in [0.4, 0.5) is 5.69 Å². The molecule has 0 aliphatic carbocycles. The molecule has 0 N–H and O–H groups in total. The van der Waals surface area contributed by atoms with Crippen molar-refractivity contribution < 1.29 is 4.92 Å². The SMILES string of the molecule is O=[N+]([O-])CCc1ccc(N2CCCC2)cc1. The van der Waals surface area contributed by atoms with Crippen LogP contribution in [0.25, 0.3) is 0 Å². The van der Waals surface area contributed by atoms with E-state index in [9.17, 15) is 10.1 Å². The van der Waals surface area contributed by atoms with Crippen LogP contribution < -0.4 is 4.90 Å². The highest BCUT2D eigenvalue weighted by molar-refractivity contribution is 5.48. The van der Waals surface area contributed by atoms with Gasteiger partial charge < -0.3 is 4.90 Å². The van der Waals surface area contributed by atoms with E-state index in [2.05, 4.69) is 17.0 Å². The van der Waals surface area contributed by atoms with E-state index in [1.807, 2.05) is 12.1 Å². The highest BCUT2D eigenvalue weighted by Crippen LogP contribution is 2.20. The van der Waals surface area contributed by atoms with Gasteiger partial charge in [-0.05, 0) is 30.5 Å². The molecule has 1 saturated heterocycles. The Morgan fingerprint density at radius 3 is 2.38 bits per heavy atom. The number of rotatable bonds is 4. The first-order valence-electron chi connectivity index (χ1n) is 5.71. The van der Waals surface area contributed by atoms with Crippen molar-refractivity contribution in [1.82, 2.24) is 0 Å². The average molecular weight is 220 g/mol.